The van der Waals surface area contributed by atoms with E-state index in [0.29, 0.717) is 44.8 Å². The second-order valence-corrected chi connectivity index (χ2v) is 10.6. The van der Waals surface area contributed by atoms with Crippen molar-refractivity contribution in [3.05, 3.63) is 98.0 Å². The number of benzene rings is 3. The fraction of sp³-hybridized carbons (Fsp3) is 0.321. The molecule has 0 bridgehead atoms. The first kappa shape index (κ1) is 29.2. The number of anilines is 1. The molecule has 0 aliphatic carbocycles. The van der Waals surface area contributed by atoms with Gasteiger partial charge in [-0.15, -0.1) is 0 Å². The van der Waals surface area contributed by atoms with Crippen molar-refractivity contribution >= 4 is 46.4 Å². The molecule has 0 saturated carbocycles. The molecule has 9 heteroatoms. The number of nitrogens with one attached hydrogen (secondary N) is 2. The molecular formula is C28H32Cl3N3O3. The van der Waals surface area contributed by atoms with Gasteiger partial charge >= 0.3 is 0 Å². The number of carbonyl (C=O) groups excluding carboxylic acids is 1. The van der Waals surface area contributed by atoms with Crippen LogP contribution in [0, 0.1) is 0 Å². The Hall–Kier alpha value is -2.32. The van der Waals surface area contributed by atoms with Gasteiger partial charge < -0.3 is 26.6 Å². The first-order valence-corrected chi connectivity index (χ1v) is 13.1. The number of halogens is 3. The van der Waals surface area contributed by atoms with Crippen molar-refractivity contribution in [1.29, 1.82) is 0 Å². The zero-order valence-corrected chi connectivity index (χ0v) is 23.0. The average Bonchev–Trinajstić information content (AvgIpc) is 2.86. The van der Waals surface area contributed by atoms with Crippen LogP contribution >= 0.6 is 34.8 Å². The third-order valence-corrected chi connectivity index (χ3v) is 6.91. The van der Waals surface area contributed by atoms with E-state index in [1.165, 1.54) is 0 Å². The van der Waals surface area contributed by atoms with Crippen LogP contribution in [0.15, 0.2) is 60.7 Å². The molecule has 0 aliphatic rings. The van der Waals surface area contributed by atoms with Crippen molar-refractivity contribution in [3.63, 3.8) is 0 Å². The summed E-state index contributed by atoms with van der Waals surface area (Å²) in [7, 11) is 0. The SMILES string of the molecule is C[C@H](Cc1ccc(C[C@@H](C)NC(=O)[C@H](O)c2cccc(Cl)c2)cc1)NCC(O)c1cc(Cl)c(N)c(Cl)c1. The van der Waals surface area contributed by atoms with Gasteiger partial charge in [0, 0.05) is 23.7 Å². The Balaban J connectivity index is 1.46. The predicted molar refractivity (Wildman–Crippen MR) is 151 cm³/mol. The summed E-state index contributed by atoms with van der Waals surface area (Å²) in [5.41, 5.74) is 9.34. The minimum atomic E-state index is -1.27. The van der Waals surface area contributed by atoms with Crippen molar-refractivity contribution in [1.82, 2.24) is 10.6 Å². The number of hydrogen-bond acceptors (Lipinski definition) is 5. The van der Waals surface area contributed by atoms with Crippen LogP contribution in [0.4, 0.5) is 5.69 Å². The number of aliphatic hydroxyl groups is 2. The minimum absolute atomic E-state index is 0.117. The van der Waals surface area contributed by atoms with E-state index in [2.05, 4.69) is 22.8 Å². The molecule has 1 amide bonds. The van der Waals surface area contributed by atoms with Crippen LogP contribution in [0.1, 0.15) is 48.3 Å². The Morgan fingerprint density at radius 3 is 2.00 bits per heavy atom. The summed E-state index contributed by atoms with van der Waals surface area (Å²) in [6.45, 7) is 4.29. The first-order chi connectivity index (χ1) is 17.5. The van der Waals surface area contributed by atoms with E-state index in [4.69, 9.17) is 40.5 Å². The van der Waals surface area contributed by atoms with E-state index in [9.17, 15) is 15.0 Å². The summed E-state index contributed by atoms with van der Waals surface area (Å²) in [5, 5.41) is 28.1. The Morgan fingerprint density at radius 2 is 1.43 bits per heavy atom. The fourth-order valence-corrected chi connectivity index (χ4v) is 4.72. The number of hydrogen-bond donors (Lipinski definition) is 5. The van der Waals surface area contributed by atoms with Crippen molar-refractivity contribution in [3.8, 4) is 0 Å². The smallest absolute Gasteiger partial charge is 0.253 e. The average molecular weight is 565 g/mol. The van der Waals surface area contributed by atoms with Gasteiger partial charge in [-0.1, -0.05) is 71.2 Å². The van der Waals surface area contributed by atoms with Crippen LogP contribution in [0.3, 0.4) is 0 Å². The van der Waals surface area contributed by atoms with Gasteiger partial charge in [0.15, 0.2) is 6.10 Å². The fourth-order valence-electron chi connectivity index (χ4n) is 4.02. The summed E-state index contributed by atoms with van der Waals surface area (Å²) >= 11 is 18.1. The van der Waals surface area contributed by atoms with Gasteiger partial charge in [0.2, 0.25) is 0 Å². The number of nitrogen functional groups attached to an aromatic ring is 1. The van der Waals surface area contributed by atoms with Crippen molar-refractivity contribution in [2.24, 2.45) is 0 Å². The van der Waals surface area contributed by atoms with Gasteiger partial charge in [0.05, 0.1) is 21.8 Å². The number of carbonyl (C=O) groups is 1. The molecule has 6 N–H and O–H groups in total. The summed E-state index contributed by atoms with van der Waals surface area (Å²) in [6.07, 6.45) is -0.644. The molecule has 0 fully saturated rings. The highest BCUT2D eigenvalue weighted by molar-refractivity contribution is 6.38. The molecule has 6 nitrogen and oxygen atoms in total. The topological polar surface area (TPSA) is 108 Å². The van der Waals surface area contributed by atoms with Gasteiger partial charge in [-0.3, -0.25) is 4.79 Å². The lowest BCUT2D eigenvalue weighted by molar-refractivity contribution is -0.130. The summed E-state index contributed by atoms with van der Waals surface area (Å²) in [5.74, 6) is -0.461. The quantitative estimate of drug-likeness (QED) is 0.204. The molecule has 0 aromatic heterocycles. The van der Waals surface area contributed by atoms with E-state index in [-0.39, 0.29) is 12.1 Å². The van der Waals surface area contributed by atoms with Crippen molar-refractivity contribution in [2.45, 2.75) is 51.0 Å². The Morgan fingerprint density at radius 1 is 0.865 bits per heavy atom. The number of aliphatic hydroxyl groups excluding tert-OH is 2. The number of nitrogens with two attached hydrogens (primary N) is 1. The molecule has 3 rings (SSSR count). The van der Waals surface area contributed by atoms with Crippen LogP contribution in [0.2, 0.25) is 15.1 Å². The number of amides is 1. The van der Waals surface area contributed by atoms with Gasteiger partial charge in [-0.25, -0.2) is 0 Å². The third kappa shape index (κ3) is 8.60. The molecule has 0 spiro atoms. The molecule has 1 unspecified atom stereocenters. The largest absolute Gasteiger partial charge is 0.396 e. The third-order valence-electron chi connectivity index (χ3n) is 6.05. The Kier molecular flexibility index (Phi) is 10.6. The van der Waals surface area contributed by atoms with E-state index in [1.54, 1.807) is 36.4 Å². The highest BCUT2D eigenvalue weighted by Crippen LogP contribution is 2.31. The number of rotatable bonds is 11. The molecule has 0 aliphatic heterocycles. The van der Waals surface area contributed by atoms with Gasteiger partial charge in [0.1, 0.15) is 0 Å². The van der Waals surface area contributed by atoms with Crippen molar-refractivity contribution in [2.75, 3.05) is 12.3 Å². The van der Waals surface area contributed by atoms with Gasteiger partial charge in [-0.2, -0.15) is 0 Å². The second kappa shape index (κ2) is 13.5. The molecular weight excluding hydrogens is 533 g/mol. The lowest BCUT2D eigenvalue weighted by atomic mass is 10.0. The second-order valence-electron chi connectivity index (χ2n) is 9.32. The highest BCUT2D eigenvalue weighted by Gasteiger charge is 2.19. The molecule has 37 heavy (non-hydrogen) atoms. The summed E-state index contributed by atoms with van der Waals surface area (Å²) in [4.78, 5) is 12.4. The van der Waals surface area contributed by atoms with E-state index in [1.807, 2.05) is 26.0 Å². The lowest BCUT2D eigenvalue weighted by Crippen LogP contribution is -2.37. The van der Waals surface area contributed by atoms with Gasteiger partial charge in [0.25, 0.3) is 5.91 Å². The molecule has 3 aromatic rings. The first-order valence-electron chi connectivity index (χ1n) is 12.0. The highest BCUT2D eigenvalue weighted by atomic mass is 35.5. The Labute approximate surface area is 232 Å². The zero-order valence-electron chi connectivity index (χ0n) is 20.7. The predicted octanol–water partition coefficient (Wildman–Crippen LogP) is 5.26. The zero-order chi connectivity index (χ0) is 27.1. The molecule has 4 atom stereocenters. The van der Waals surface area contributed by atoms with Crippen LogP contribution in [0.5, 0.6) is 0 Å². The molecule has 198 valence electrons. The minimum Gasteiger partial charge on any atom is -0.396 e. The molecule has 0 heterocycles. The van der Waals surface area contributed by atoms with Crippen molar-refractivity contribution < 1.29 is 15.0 Å². The summed E-state index contributed by atoms with van der Waals surface area (Å²) in [6, 6.07) is 18.0. The van der Waals surface area contributed by atoms with E-state index < -0.39 is 18.1 Å². The van der Waals surface area contributed by atoms with Crippen LogP contribution in [0.25, 0.3) is 0 Å². The van der Waals surface area contributed by atoms with Gasteiger partial charge in [-0.05, 0) is 73.2 Å². The normalized spacial score (nSPS) is 14.6. The van der Waals surface area contributed by atoms with E-state index >= 15 is 0 Å². The lowest BCUT2D eigenvalue weighted by Gasteiger charge is -2.19. The van der Waals surface area contributed by atoms with Crippen LogP contribution in [-0.4, -0.2) is 34.7 Å². The molecule has 0 radical (unpaired) electrons. The van der Waals surface area contributed by atoms with Crippen LogP contribution < -0.4 is 16.4 Å². The van der Waals surface area contributed by atoms with Crippen LogP contribution in [-0.2, 0) is 17.6 Å². The monoisotopic (exact) mass is 563 g/mol. The Bertz CT molecular complexity index is 1180. The standard InChI is InChI=1S/C28H32Cl3N3O3/c1-16(33-15-25(35)21-13-23(30)26(32)24(31)14-21)10-18-6-8-19(9-7-18)11-17(2)34-28(37)27(36)20-4-3-5-22(29)12-20/h3-9,12-14,16-17,25,27,33,35-36H,10-11,15,32H2,1-2H3,(H,34,37)/t16-,17-,25?,27-/m1/s1. The maximum atomic E-state index is 12.4. The maximum Gasteiger partial charge on any atom is 0.253 e. The maximum absolute atomic E-state index is 12.4. The summed E-state index contributed by atoms with van der Waals surface area (Å²) < 4.78 is 0. The van der Waals surface area contributed by atoms with E-state index in [0.717, 1.165) is 17.5 Å². The molecule has 3 aromatic carbocycles. The molecule has 0 saturated heterocycles.